The molecule has 28 heavy (non-hydrogen) atoms. The van der Waals surface area contributed by atoms with E-state index in [1.54, 1.807) is 6.07 Å². The van der Waals surface area contributed by atoms with Crippen LogP contribution in [0.3, 0.4) is 0 Å². The summed E-state index contributed by atoms with van der Waals surface area (Å²) in [7, 11) is -7.88. The smallest absolute Gasteiger partial charge is 0.422 e. The number of rotatable bonds is 7. The number of nitrogens with two attached hydrogens (primary N) is 1. The highest BCUT2D eigenvalue weighted by molar-refractivity contribution is 7.91. The first-order valence-corrected chi connectivity index (χ1v) is 11.1. The minimum atomic E-state index is -4.47. The SMILES string of the molecule is CS(=O)(=O)c1cc(S(N)(=O)=O)ccc1NCc1cccc(OCC(F)(F)F)c1. The summed E-state index contributed by atoms with van der Waals surface area (Å²) in [6.07, 6.45) is -3.56. The normalized spacial score (nSPS) is 12.6. The predicted octanol–water partition coefficient (Wildman–Crippen LogP) is 2.29. The van der Waals surface area contributed by atoms with E-state index < -0.39 is 32.6 Å². The fourth-order valence-corrected chi connectivity index (χ4v) is 3.74. The van der Waals surface area contributed by atoms with Gasteiger partial charge in [-0.05, 0) is 35.9 Å². The van der Waals surface area contributed by atoms with E-state index in [9.17, 15) is 30.0 Å². The van der Waals surface area contributed by atoms with Crippen LogP contribution in [0.15, 0.2) is 52.3 Å². The van der Waals surface area contributed by atoms with Gasteiger partial charge in [0.1, 0.15) is 5.75 Å². The Morgan fingerprint density at radius 3 is 2.32 bits per heavy atom. The van der Waals surface area contributed by atoms with Crippen molar-refractivity contribution in [3.8, 4) is 5.75 Å². The molecule has 3 N–H and O–H groups in total. The summed E-state index contributed by atoms with van der Waals surface area (Å²) in [5, 5.41) is 7.84. The van der Waals surface area contributed by atoms with Gasteiger partial charge in [0.25, 0.3) is 0 Å². The summed E-state index contributed by atoms with van der Waals surface area (Å²) in [5.74, 6) is 0.00420. The average Bonchev–Trinajstić information content (AvgIpc) is 2.56. The lowest BCUT2D eigenvalue weighted by Gasteiger charge is -2.13. The van der Waals surface area contributed by atoms with Crippen LogP contribution in [0.25, 0.3) is 0 Å². The molecule has 2 aromatic rings. The number of anilines is 1. The summed E-state index contributed by atoms with van der Waals surface area (Å²) in [6.45, 7) is -1.38. The number of halogens is 3. The molecule has 2 aromatic carbocycles. The van der Waals surface area contributed by atoms with Gasteiger partial charge in [0.2, 0.25) is 10.0 Å². The fraction of sp³-hybridized carbons (Fsp3) is 0.250. The van der Waals surface area contributed by atoms with Crippen molar-refractivity contribution in [3.05, 3.63) is 48.0 Å². The molecular weight excluding hydrogens is 421 g/mol. The Labute approximate surface area is 160 Å². The van der Waals surface area contributed by atoms with Gasteiger partial charge in [-0.3, -0.25) is 0 Å². The molecule has 0 aliphatic carbocycles. The molecule has 0 aliphatic rings. The van der Waals surface area contributed by atoms with Crippen LogP contribution in [0.2, 0.25) is 0 Å². The quantitative estimate of drug-likeness (QED) is 0.685. The second-order valence-corrected chi connectivity index (χ2v) is 9.43. The molecule has 0 saturated carbocycles. The maximum absolute atomic E-state index is 12.2. The predicted molar refractivity (Wildman–Crippen MR) is 96.2 cm³/mol. The van der Waals surface area contributed by atoms with Crippen LogP contribution >= 0.6 is 0 Å². The van der Waals surface area contributed by atoms with E-state index in [0.29, 0.717) is 5.56 Å². The van der Waals surface area contributed by atoms with Gasteiger partial charge < -0.3 is 10.1 Å². The molecule has 0 bridgehead atoms. The number of nitrogens with one attached hydrogen (secondary N) is 1. The Morgan fingerprint density at radius 2 is 1.75 bits per heavy atom. The van der Waals surface area contributed by atoms with Crippen LogP contribution in [0.1, 0.15) is 5.56 Å². The number of hydrogen-bond acceptors (Lipinski definition) is 6. The Kier molecular flexibility index (Phi) is 6.26. The summed E-state index contributed by atoms with van der Waals surface area (Å²) >= 11 is 0. The first kappa shape index (κ1) is 22.0. The van der Waals surface area contributed by atoms with Crippen molar-refractivity contribution in [1.82, 2.24) is 0 Å². The number of hydrogen-bond donors (Lipinski definition) is 2. The first-order chi connectivity index (χ1) is 12.8. The van der Waals surface area contributed by atoms with Gasteiger partial charge in [-0.25, -0.2) is 22.0 Å². The molecule has 0 aromatic heterocycles. The second kappa shape index (κ2) is 7.97. The zero-order chi connectivity index (χ0) is 21.2. The maximum Gasteiger partial charge on any atom is 0.422 e. The Balaban J connectivity index is 2.23. The van der Waals surface area contributed by atoms with Gasteiger partial charge in [-0.1, -0.05) is 12.1 Å². The molecule has 0 fully saturated rings. The van der Waals surface area contributed by atoms with Crippen LogP contribution in [-0.2, 0) is 26.4 Å². The monoisotopic (exact) mass is 438 g/mol. The third-order valence-corrected chi connectivity index (χ3v) is 5.51. The third-order valence-electron chi connectivity index (χ3n) is 3.46. The lowest BCUT2D eigenvalue weighted by atomic mass is 10.2. The molecule has 0 spiro atoms. The van der Waals surface area contributed by atoms with Crippen molar-refractivity contribution in [2.75, 3.05) is 18.2 Å². The zero-order valence-electron chi connectivity index (χ0n) is 14.5. The lowest BCUT2D eigenvalue weighted by molar-refractivity contribution is -0.153. The summed E-state index contributed by atoms with van der Waals surface area (Å²) in [4.78, 5) is -0.635. The van der Waals surface area contributed by atoms with Crippen molar-refractivity contribution in [1.29, 1.82) is 0 Å². The largest absolute Gasteiger partial charge is 0.484 e. The minimum absolute atomic E-state index is 0.00420. The Bertz CT molecular complexity index is 1070. The topological polar surface area (TPSA) is 116 Å². The van der Waals surface area contributed by atoms with Crippen LogP contribution in [0.4, 0.5) is 18.9 Å². The lowest BCUT2D eigenvalue weighted by Crippen LogP contribution is -2.19. The highest BCUT2D eigenvalue weighted by Crippen LogP contribution is 2.26. The van der Waals surface area contributed by atoms with Gasteiger partial charge in [0, 0.05) is 12.8 Å². The van der Waals surface area contributed by atoms with Crippen LogP contribution < -0.4 is 15.2 Å². The third kappa shape index (κ3) is 6.39. The van der Waals surface area contributed by atoms with Crippen LogP contribution in [0.5, 0.6) is 5.75 Å². The van der Waals surface area contributed by atoms with E-state index in [0.717, 1.165) is 18.4 Å². The van der Waals surface area contributed by atoms with Gasteiger partial charge >= 0.3 is 6.18 Å². The molecule has 0 atom stereocenters. The van der Waals surface area contributed by atoms with Crippen molar-refractivity contribution in [3.63, 3.8) is 0 Å². The first-order valence-electron chi connectivity index (χ1n) is 7.65. The van der Waals surface area contributed by atoms with E-state index >= 15 is 0 Å². The highest BCUT2D eigenvalue weighted by Gasteiger charge is 2.28. The van der Waals surface area contributed by atoms with Crippen molar-refractivity contribution in [2.45, 2.75) is 22.5 Å². The summed E-state index contributed by atoms with van der Waals surface area (Å²) < 4.78 is 88.2. The number of primary sulfonamides is 1. The van der Waals surface area contributed by atoms with E-state index in [1.807, 2.05) is 0 Å². The number of sulfonamides is 1. The molecule has 0 unspecified atom stereocenters. The number of sulfone groups is 1. The van der Waals surface area contributed by atoms with E-state index in [-0.39, 0.29) is 27.8 Å². The molecule has 0 aliphatic heterocycles. The van der Waals surface area contributed by atoms with Crippen LogP contribution in [0, 0.1) is 0 Å². The van der Waals surface area contributed by atoms with Gasteiger partial charge in [-0.15, -0.1) is 0 Å². The Morgan fingerprint density at radius 1 is 1.07 bits per heavy atom. The van der Waals surface area contributed by atoms with Gasteiger partial charge in [0.05, 0.1) is 15.5 Å². The molecule has 12 heteroatoms. The van der Waals surface area contributed by atoms with E-state index in [2.05, 4.69) is 10.1 Å². The van der Waals surface area contributed by atoms with E-state index in [1.165, 1.54) is 24.3 Å². The van der Waals surface area contributed by atoms with Crippen molar-refractivity contribution >= 4 is 25.5 Å². The van der Waals surface area contributed by atoms with Crippen LogP contribution in [-0.4, -0.2) is 35.9 Å². The second-order valence-electron chi connectivity index (χ2n) is 5.88. The van der Waals surface area contributed by atoms with Gasteiger partial charge in [0.15, 0.2) is 16.4 Å². The molecule has 0 amide bonds. The molecule has 0 heterocycles. The standard InChI is InChI=1S/C16H17F3N2O5S2/c1-27(22,23)15-8-13(28(20,24)25)5-6-14(15)21-9-11-3-2-4-12(7-11)26-10-16(17,18)19/h2-8,21H,9-10H2,1H3,(H2,20,24,25). The van der Waals surface area contributed by atoms with Gasteiger partial charge in [-0.2, -0.15) is 13.2 Å². The number of benzene rings is 2. The number of alkyl halides is 3. The minimum Gasteiger partial charge on any atom is -0.484 e. The Hall–Kier alpha value is -2.31. The molecule has 154 valence electrons. The van der Waals surface area contributed by atoms with E-state index in [4.69, 9.17) is 5.14 Å². The molecule has 0 saturated heterocycles. The van der Waals surface area contributed by atoms with Crippen molar-refractivity contribution in [2.24, 2.45) is 5.14 Å². The summed E-state index contributed by atoms with van der Waals surface area (Å²) in [5.41, 5.74) is 0.645. The number of ether oxygens (including phenoxy) is 1. The maximum atomic E-state index is 12.2. The zero-order valence-corrected chi connectivity index (χ0v) is 16.2. The highest BCUT2D eigenvalue weighted by atomic mass is 32.2. The molecule has 2 rings (SSSR count). The molecular formula is C16H17F3N2O5S2. The van der Waals surface area contributed by atoms with Crippen molar-refractivity contribution < 1.29 is 34.7 Å². The average molecular weight is 438 g/mol. The molecule has 0 radical (unpaired) electrons. The molecule has 7 nitrogen and oxygen atoms in total. The fourth-order valence-electron chi connectivity index (χ4n) is 2.24. The summed E-state index contributed by atoms with van der Waals surface area (Å²) in [6, 6.07) is 9.16.